The van der Waals surface area contributed by atoms with E-state index in [4.69, 9.17) is 11.6 Å². The number of H-pyrrole nitrogens is 1. The van der Waals surface area contributed by atoms with Gasteiger partial charge in [0.1, 0.15) is 0 Å². The van der Waals surface area contributed by atoms with Gasteiger partial charge in [-0.05, 0) is 0 Å². The van der Waals surface area contributed by atoms with Crippen LogP contribution in [-0.4, -0.2) is 29.7 Å². The van der Waals surface area contributed by atoms with Crippen molar-refractivity contribution in [1.29, 1.82) is 0 Å². The van der Waals surface area contributed by atoms with Crippen molar-refractivity contribution < 1.29 is 0 Å². The molecule has 0 bridgehead atoms. The molecule has 0 saturated carbocycles. The second-order valence-corrected chi connectivity index (χ2v) is 8.66. The van der Waals surface area contributed by atoms with Gasteiger partial charge in [-0.1, -0.05) is 0 Å². The predicted octanol–water partition coefficient (Wildman–Crippen LogP) is 4.73. The van der Waals surface area contributed by atoms with Gasteiger partial charge in [-0.2, -0.15) is 0 Å². The number of benzene rings is 2. The first-order valence-corrected chi connectivity index (χ1v) is 10.2. The fraction of sp³-hybridized carbons (Fsp3) is 0.100. The number of nitrogens with zero attached hydrogens (tertiary/aromatic N) is 2. The van der Waals surface area contributed by atoms with Gasteiger partial charge in [0.2, 0.25) is 0 Å². The molecule has 0 saturated heterocycles. The monoisotopic (exact) mass is 411 g/mol. The quantitative estimate of drug-likeness (QED) is 0.427. The summed E-state index contributed by atoms with van der Waals surface area (Å²) in [6.45, 7) is 2.13. The zero-order valence-electron chi connectivity index (χ0n) is 13.5. The average molecular weight is 411 g/mol. The summed E-state index contributed by atoms with van der Waals surface area (Å²) in [5.41, 5.74) is 8.71. The summed E-state index contributed by atoms with van der Waals surface area (Å²) >= 11 is 6.39. The van der Waals surface area contributed by atoms with Crippen LogP contribution in [0.15, 0.2) is 48.5 Å². The molecular formula is C20H14ClN3Se. The fourth-order valence-electron chi connectivity index (χ4n) is 3.55. The van der Waals surface area contributed by atoms with E-state index in [1.54, 1.807) is 0 Å². The molecule has 5 rings (SSSR count). The van der Waals surface area contributed by atoms with Crippen LogP contribution in [0.25, 0.3) is 31.5 Å². The van der Waals surface area contributed by atoms with E-state index >= 15 is 0 Å². The Hall–Kier alpha value is -2.13. The zero-order valence-corrected chi connectivity index (χ0v) is 16.0. The summed E-state index contributed by atoms with van der Waals surface area (Å²) < 4.78 is 2.09. The fourth-order valence-corrected chi connectivity index (χ4v) is 6.03. The Kier molecular flexibility index (Phi) is 3.46. The molecule has 5 heteroatoms. The number of aromatic amines is 1. The van der Waals surface area contributed by atoms with Crippen molar-refractivity contribution in [3.8, 4) is 31.5 Å². The Morgan fingerprint density at radius 1 is 0.960 bits per heavy atom. The SMILES string of the molecule is Cc1[nH]c2c(c1-c1nnc(-c3ccccc3Cl)[se]1)Cc1ccccc1-2. The predicted molar refractivity (Wildman–Crippen MR) is 102 cm³/mol. The summed E-state index contributed by atoms with van der Waals surface area (Å²) in [7, 11) is 0. The van der Waals surface area contributed by atoms with E-state index in [-0.39, 0.29) is 14.5 Å². The molecule has 0 spiro atoms. The van der Waals surface area contributed by atoms with Crippen molar-refractivity contribution in [2.45, 2.75) is 13.3 Å². The van der Waals surface area contributed by atoms with Gasteiger partial charge in [0.05, 0.1) is 0 Å². The Balaban J connectivity index is 1.63. The van der Waals surface area contributed by atoms with E-state index in [9.17, 15) is 0 Å². The topological polar surface area (TPSA) is 41.6 Å². The summed E-state index contributed by atoms with van der Waals surface area (Å²) in [6.07, 6.45) is 0.960. The van der Waals surface area contributed by atoms with Crippen LogP contribution in [0.3, 0.4) is 0 Å². The van der Waals surface area contributed by atoms with Crippen molar-refractivity contribution in [3.63, 3.8) is 0 Å². The number of fused-ring (bicyclic) bond motifs is 3. The maximum atomic E-state index is 6.33. The van der Waals surface area contributed by atoms with Gasteiger partial charge in [-0.3, -0.25) is 0 Å². The standard InChI is InChI=1S/C20H14ClN3Se/c1-11-17(15-10-12-6-2-3-7-13(12)18(15)22-11)20-24-23-19(25-20)14-8-4-5-9-16(14)21/h2-9,22H,10H2,1H3. The van der Waals surface area contributed by atoms with Gasteiger partial charge in [0.15, 0.2) is 0 Å². The molecule has 1 aliphatic rings. The van der Waals surface area contributed by atoms with Crippen LogP contribution in [0, 0.1) is 6.92 Å². The van der Waals surface area contributed by atoms with Crippen LogP contribution >= 0.6 is 11.6 Å². The molecular weight excluding hydrogens is 397 g/mol. The van der Waals surface area contributed by atoms with Gasteiger partial charge < -0.3 is 0 Å². The molecule has 3 nitrogen and oxygen atoms in total. The number of hydrogen-bond donors (Lipinski definition) is 1. The molecule has 0 atom stereocenters. The number of halogens is 1. The Labute approximate surface area is 156 Å². The molecule has 2 heterocycles. The Morgan fingerprint density at radius 2 is 1.68 bits per heavy atom. The van der Waals surface area contributed by atoms with Gasteiger partial charge >= 0.3 is 157 Å². The second kappa shape index (κ2) is 5.70. The average Bonchev–Trinajstić information content (AvgIpc) is 3.29. The zero-order chi connectivity index (χ0) is 17.0. The summed E-state index contributed by atoms with van der Waals surface area (Å²) in [5.74, 6) is 0. The van der Waals surface area contributed by atoms with Gasteiger partial charge in [-0.15, -0.1) is 0 Å². The third-order valence-electron chi connectivity index (χ3n) is 4.69. The van der Waals surface area contributed by atoms with Crippen molar-refractivity contribution in [1.82, 2.24) is 15.2 Å². The molecule has 0 fully saturated rings. The molecule has 0 aliphatic heterocycles. The maximum absolute atomic E-state index is 6.33. The van der Waals surface area contributed by atoms with E-state index in [1.807, 2.05) is 24.3 Å². The Bertz CT molecular complexity index is 1110. The van der Waals surface area contributed by atoms with Crippen molar-refractivity contribution in [2.24, 2.45) is 0 Å². The molecule has 0 radical (unpaired) electrons. The van der Waals surface area contributed by atoms with Crippen LogP contribution in [-0.2, 0) is 6.42 Å². The van der Waals surface area contributed by atoms with E-state index in [0.717, 1.165) is 26.1 Å². The third-order valence-corrected chi connectivity index (χ3v) is 7.06. The number of rotatable bonds is 2. The molecule has 0 amide bonds. The first-order chi connectivity index (χ1) is 12.2. The number of nitrogens with one attached hydrogen (secondary N) is 1. The molecule has 1 aliphatic carbocycles. The molecule has 0 unspecified atom stereocenters. The molecule has 4 aromatic rings. The van der Waals surface area contributed by atoms with Gasteiger partial charge in [0, 0.05) is 0 Å². The van der Waals surface area contributed by atoms with Crippen LogP contribution in [0.5, 0.6) is 0 Å². The molecule has 1 N–H and O–H groups in total. The second-order valence-electron chi connectivity index (χ2n) is 6.20. The number of hydrogen-bond acceptors (Lipinski definition) is 2. The van der Waals surface area contributed by atoms with Crippen molar-refractivity contribution in [3.05, 3.63) is 70.4 Å². The normalized spacial score (nSPS) is 12.2. The molecule has 122 valence electrons. The van der Waals surface area contributed by atoms with E-state index in [0.29, 0.717) is 0 Å². The van der Waals surface area contributed by atoms with Crippen molar-refractivity contribution >= 4 is 26.1 Å². The summed E-state index contributed by atoms with van der Waals surface area (Å²) in [5, 5.41) is 9.72. The summed E-state index contributed by atoms with van der Waals surface area (Å²) in [4.78, 5) is 3.58. The van der Waals surface area contributed by atoms with Gasteiger partial charge in [0.25, 0.3) is 0 Å². The van der Waals surface area contributed by atoms with Crippen LogP contribution < -0.4 is 0 Å². The molecule has 2 aromatic carbocycles. The van der Waals surface area contributed by atoms with Crippen LogP contribution in [0.2, 0.25) is 5.02 Å². The first-order valence-electron chi connectivity index (χ1n) is 8.11. The van der Waals surface area contributed by atoms with E-state index in [2.05, 4.69) is 46.4 Å². The Morgan fingerprint density at radius 3 is 2.52 bits per heavy atom. The molecule has 2 aromatic heterocycles. The van der Waals surface area contributed by atoms with Crippen LogP contribution in [0.1, 0.15) is 16.8 Å². The van der Waals surface area contributed by atoms with Gasteiger partial charge in [-0.25, -0.2) is 0 Å². The minimum absolute atomic E-state index is 0.0560. The number of aromatic nitrogens is 3. The van der Waals surface area contributed by atoms with E-state index in [1.165, 1.54) is 33.6 Å². The first kappa shape index (κ1) is 15.2. The van der Waals surface area contributed by atoms with Crippen LogP contribution in [0.4, 0.5) is 0 Å². The molecule has 25 heavy (non-hydrogen) atoms. The van der Waals surface area contributed by atoms with E-state index < -0.39 is 0 Å². The minimum atomic E-state index is 0.0560. The summed E-state index contributed by atoms with van der Waals surface area (Å²) in [6, 6.07) is 16.5. The third kappa shape index (κ3) is 2.33. The van der Waals surface area contributed by atoms with Crippen molar-refractivity contribution in [2.75, 3.05) is 0 Å². The number of aryl methyl sites for hydroxylation is 1.